The first kappa shape index (κ1) is 11.8. The molecule has 0 aliphatic heterocycles. The maximum absolute atomic E-state index is 12.9. The molecular weight excluding hydrogens is 241 g/mol. The molecular formula is C12H11ClFN3. The Balaban J connectivity index is 2.05. The Labute approximate surface area is 104 Å². The summed E-state index contributed by atoms with van der Waals surface area (Å²) in [6, 6.07) is 6.42. The lowest BCUT2D eigenvalue weighted by Crippen LogP contribution is -2.04. The van der Waals surface area contributed by atoms with Crippen LogP contribution < -0.4 is 5.32 Å². The molecule has 0 amide bonds. The van der Waals surface area contributed by atoms with Crippen molar-refractivity contribution in [3.63, 3.8) is 0 Å². The molecule has 0 unspecified atom stereocenters. The number of hydrogen-bond acceptors (Lipinski definition) is 3. The zero-order valence-electron chi connectivity index (χ0n) is 9.24. The van der Waals surface area contributed by atoms with E-state index in [0.717, 1.165) is 11.3 Å². The SMILES string of the molecule is Cc1ccnc(NCc2ccc(F)c(Cl)c2)n1. The zero-order valence-corrected chi connectivity index (χ0v) is 10.0. The van der Waals surface area contributed by atoms with Gasteiger partial charge in [-0.1, -0.05) is 17.7 Å². The number of nitrogens with one attached hydrogen (secondary N) is 1. The number of halogens is 2. The molecule has 0 fully saturated rings. The van der Waals surface area contributed by atoms with Crippen LogP contribution in [-0.2, 0) is 6.54 Å². The van der Waals surface area contributed by atoms with Crippen molar-refractivity contribution in [3.8, 4) is 0 Å². The number of benzene rings is 1. The van der Waals surface area contributed by atoms with Gasteiger partial charge in [0.25, 0.3) is 0 Å². The Bertz CT molecular complexity index is 531. The number of anilines is 1. The maximum Gasteiger partial charge on any atom is 0.223 e. The van der Waals surface area contributed by atoms with Gasteiger partial charge in [0, 0.05) is 18.4 Å². The van der Waals surface area contributed by atoms with Crippen molar-refractivity contribution in [2.24, 2.45) is 0 Å². The van der Waals surface area contributed by atoms with Crippen molar-refractivity contribution in [2.75, 3.05) is 5.32 Å². The summed E-state index contributed by atoms with van der Waals surface area (Å²) in [6.07, 6.45) is 1.68. The van der Waals surface area contributed by atoms with Gasteiger partial charge in [0.2, 0.25) is 5.95 Å². The molecule has 1 aromatic carbocycles. The van der Waals surface area contributed by atoms with Crippen LogP contribution in [0, 0.1) is 12.7 Å². The van der Waals surface area contributed by atoms with Crippen LogP contribution in [0.2, 0.25) is 5.02 Å². The van der Waals surface area contributed by atoms with Crippen LogP contribution in [0.25, 0.3) is 0 Å². The van der Waals surface area contributed by atoms with Crippen molar-refractivity contribution in [3.05, 3.63) is 52.6 Å². The Morgan fingerprint density at radius 3 is 2.88 bits per heavy atom. The van der Waals surface area contributed by atoms with Crippen molar-refractivity contribution in [1.82, 2.24) is 9.97 Å². The molecule has 1 heterocycles. The third kappa shape index (κ3) is 3.14. The average Bonchev–Trinajstić information content (AvgIpc) is 2.31. The van der Waals surface area contributed by atoms with Crippen LogP contribution >= 0.6 is 11.6 Å². The summed E-state index contributed by atoms with van der Waals surface area (Å²) in [4.78, 5) is 8.26. The largest absolute Gasteiger partial charge is 0.350 e. The lowest BCUT2D eigenvalue weighted by Gasteiger charge is -2.05. The van der Waals surface area contributed by atoms with Gasteiger partial charge in [-0.05, 0) is 30.7 Å². The number of nitrogens with zero attached hydrogens (tertiary/aromatic N) is 2. The van der Waals surface area contributed by atoms with Gasteiger partial charge < -0.3 is 5.32 Å². The minimum absolute atomic E-state index is 0.120. The molecule has 2 rings (SSSR count). The first-order chi connectivity index (χ1) is 8.15. The monoisotopic (exact) mass is 251 g/mol. The molecule has 0 spiro atoms. The highest BCUT2D eigenvalue weighted by atomic mass is 35.5. The van der Waals surface area contributed by atoms with Crippen molar-refractivity contribution in [2.45, 2.75) is 13.5 Å². The van der Waals surface area contributed by atoms with E-state index >= 15 is 0 Å². The molecule has 1 aromatic heterocycles. The van der Waals surface area contributed by atoms with Gasteiger partial charge in [-0.25, -0.2) is 14.4 Å². The highest BCUT2D eigenvalue weighted by Crippen LogP contribution is 2.16. The van der Waals surface area contributed by atoms with Crippen molar-refractivity contribution >= 4 is 17.5 Å². The van der Waals surface area contributed by atoms with Gasteiger partial charge in [-0.15, -0.1) is 0 Å². The predicted molar refractivity (Wildman–Crippen MR) is 65.5 cm³/mol. The molecule has 3 nitrogen and oxygen atoms in total. The molecule has 0 saturated heterocycles. The lowest BCUT2D eigenvalue weighted by atomic mass is 10.2. The smallest absolute Gasteiger partial charge is 0.223 e. The minimum atomic E-state index is -0.415. The van der Waals surface area contributed by atoms with E-state index in [9.17, 15) is 4.39 Å². The molecule has 2 aromatic rings. The minimum Gasteiger partial charge on any atom is -0.350 e. The summed E-state index contributed by atoms with van der Waals surface area (Å²) in [5.41, 5.74) is 1.76. The predicted octanol–water partition coefficient (Wildman–Crippen LogP) is 3.19. The summed E-state index contributed by atoms with van der Waals surface area (Å²) < 4.78 is 12.9. The van der Waals surface area contributed by atoms with Crippen LogP contribution in [0.5, 0.6) is 0 Å². The Morgan fingerprint density at radius 1 is 1.35 bits per heavy atom. The fourth-order valence-electron chi connectivity index (χ4n) is 1.36. The number of aromatic nitrogens is 2. The second kappa shape index (κ2) is 5.10. The van der Waals surface area contributed by atoms with Crippen LogP contribution in [0.15, 0.2) is 30.5 Å². The van der Waals surface area contributed by atoms with E-state index in [0.29, 0.717) is 12.5 Å². The summed E-state index contributed by atoms with van der Waals surface area (Å²) in [5.74, 6) is 0.132. The molecule has 0 saturated carbocycles. The van der Waals surface area contributed by atoms with E-state index in [1.165, 1.54) is 6.07 Å². The lowest BCUT2D eigenvalue weighted by molar-refractivity contribution is 0.627. The molecule has 1 N–H and O–H groups in total. The molecule has 0 aliphatic rings. The normalized spacial score (nSPS) is 10.3. The first-order valence-corrected chi connectivity index (χ1v) is 5.50. The molecule has 5 heteroatoms. The molecule has 0 aliphatic carbocycles. The highest BCUT2D eigenvalue weighted by molar-refractivity contribution is 6.30. The quantitative estimate of drug-likeness (QED) is 0.910. The molecule has 88 valence electrons. The van der Waals surface area contributed by atoms with E-state index in [1.54, 1.807) is 18.3 Å². The van der Waals surface area contributed by atoms with E-state index < -0.39 is 5.82 Å². The third-order valence-corrected chi connectivity index (χ3v) is 2.52. The molecule has 17 heavy (non-hydrogen) atoms. The topological polar surface area (TPSA) is 37.8 Å². The second-order valence-corrected chi connectivity index (χ2v) is 4.03. The van der Waals surface area contributed by atoms with Crippen LogP contribution in [0.3, 0.4) is 0 Å². The number of rotatable bonds is 3. The summed E-state index contributed by atoms with van der Waals surface area (Å²) in [6.45, 7) is 2.39. The van der Waals surface area contributed by atoms with Gasteiger partial charge in [0.15, 0.2) is 0 Å². The van der Waals surface area contributed by atoms with Crippen LogP contribution in [-0.4, -0.2) is 9.97 Å². The van der Waals surface area contributed by atoms with E-state index in [-0.39, 0.29) is 5.02 Å². The number of hydrogen-bond donors (Lipinski definition) is 1. The van der Waals surface area contributed by atoms with Crippen molar-refractivity contribution in [1.29, 1.82) is 0 Å². The zero-order chi connectivity index (χ0) is 12.3. The fraction of sp³-hybridized carbons (Fsp3) is 0.167. The van der Waals surface area contributed by atoms with Gasteiger partial charge in [-0.2, -0.15) is 0 Å². The van der Waals surface area contributed by atoms with Gasteiger partial charge >= 0.3 is 0 Å². The maximum atomic E-state index is 12.9. The van der Waals surface area contributed by atoms with E-state index in [4.69, 9.17) is 11.6 Å². The molecule has 0 radical (unpaired) electrons. The third-order valence-electron chi connectivity index (χ3n) is 2.23. The fourth-order valence-corrected chi connectivity index (χ4v) is 1.57. The Kier molecular flexibility index (Phi) is 3.54. The van der Waals surface area contributed by atoms with Gasteiger partial charge in [0.1, 0.15) is 5.82 Å². The number of aryl methyl sites for hydroxylation is 1. The summed E-state index contributed by atoms with van der Waals surface area (Å²) in [5, 5.41) is 3.17. The van der Waals surface area contributed by atoms with Crippen molar-refractivity contribution < 1.29 is 4.39 Å². The standard InChI is InChI=1S/C12H11ClFN3/c1-8-4-5-15-12(17-8)16-7-9-2-3-11(14)10(13)6-9/h2-6H,7H2,1H3,(H,15,16,17). The first-order valence-electron chi connectivity index (χ1n) is 5.12. The van der Waals surface area contributed by atoms with Crippen LogP contribution in [0.4, 0.5) is 10.3 Å². The summed E-state index contributed by atoms with van der Waals surface area (Å²) >= 11 is 5.69. The second-order valence-electron chi connectivity index (χ2n) is 3.62. The van der Waals surface area contributed by atoms with E-state index in [1.807, 2.05) is 13.0 Å². The average molecular weight is 252 g/mol. The van der Waals surface area contributed by atoms with E-state index in [2.05, 4.69) is 15.3 Å². The molecule has 0 atom stereocenters. The van der Waals surface area contributed by atoms with Crippen LogP contribution in [0.1, 0.15) is 11.3 Å². The Hall–Kier alpha value is -1.68. The highest BCUT2D eigenvalue weighted by Gasteiger charge is 2.01. The van der Waals surface area contributed by atoms with Gasteiger partial charge in [-0.3, -0.25) is 0 Å². The van der Waals surface area contributed by atoms with Gasteiger partial charge in [0.05, 0.1) is 5.02 Å². The molecule has 0 bridgehead atoms. The Morgan fingerprint density at radius 2 is 2.18 bits per heavy atom. The summed E-state index contributed by atoms with van der Waals surface area (Å²) in [7, 11) is 0.